The zero-order valence-electron chi connectivity index (χ0n) is 9.60. The van der Waals surface area contributed by atoms with E-state index < -0.39 is 0 Å². The molecule has 0 bridgehead atoms. The molecule has 1 amide bonds. The fourth-order valence-electron chi connectivity index (χ4n) is 1.79. The molecule has 3 N–H and O–H groups in total. The highest BCUT2D eigenvalue weighted by Crippen LogP contribution is 2.24. The largest absolute Gasteiger partial charge is 0.290 e. The lowest BCUT2D eigenvalue weighted by atomic mass is 9.97. The summed E-state index contributed by atoms with van der Waals surface area (Å²) in [5.74, 6) is 4.92. The maximum Gasteiger partial charge on any atom is 0.265 e. The minimum Gasteiger partial charge on any atom is -0.290 e. The highest BCUT2D eigenvalue weighted by molar-refractivity contribution is 6.00. The molecule has 0 spiro atoms. The molecule has 2 rings (SSSR count). The number of rotatable bonds is 2. The number of carbonyl (C=O) groups is 1. The van der Waals surface area contributed by atoms with E-state index in [1.54, 1.807) is 6.07 Å². The summed E-state index contributed by atoms with van der Waals surface area (Å²) in [5.41, 5.74) is 5.77. The topological polar surface area (TPSA) is 55.1 Å². The summed E-state index contributed by atoms with van der Waals surface area (Å²) in [7, 11) is 0. The van der Waals surface area contributed by atoms with Gasteiger partial charge in [0.05, 0.1) is 0 Å². The van der Waals surface area contributed by atoms with Crippen molar-refractivity contribution in [3.8, 4) is 11.1 Å². The summed E-state index contributed by atoms with van der Waals surface area (Å²) in [6.07, 6.45) is 0. The van der Waals surface area contributed by atoms with Crippen LogP contribution in [0.25, 0.3) is 11.1 Å². The van der Waals surface area contributed by atoms with Gasteiger partial charge in [-0.25, -0.2) is 5.84 Å². The Morgan fingerprint density at radius 2 is 1.82 bits per heavy atom. The molecule has 0 aliphatic heterocycles. The Kier molecular flexibility index (Phi) is 3.21. The van der Waals surface area contributed by atoms with Crippen molar-refractivity contribution in [2.75, 3.05) is 0 Å². The van der Waals surface area contributed by atoms with Crippen LogP contribution in [-0.4, -0.2) is 5.91 Å². The average Bonchev–Trinajstić information content (AvgIpc) is 2.39. The van der Waals surface area contributed by atoms with E-state index in [1.807, 2.05) is 49.4 Å². The van der Waals surface area contributed by atoms with Crippen LogP contribution in [0.4, 0.5) is 0 Å². The monoisotopic (exact) mass is 226 g/mol. The molecule has 0 unspecified atom stereocenters. The number of aryl methyl sites for hydroxylation is 1. The fraction of sp³-hybridized carbons (Fsp3) is 0.0714. The molecule has 86 valence electrons. The van der Waals surface area contributed by atoms with Crippen molar-refractivity contribution in [2.24, 2.45) is 5.84 Å². The first-order valence-electron chi connectivity index (χ1n) is 5.39. The van der Waals surface area contributed by atoms with Crippen LogP contribution in [0.1, 0.15) is 15.9 Å². The molecule has 2 aromatic carbocycles. The maximum absolute atomic E-state index is 11.7. The molecule has 0 radical (unpaired) electrons. The number of nitrogens with two attached hydrogens (primary N) is 1. The van der Waals surface area contributed by atoms with E-state index in [0.29, 0.717) is 5.56 Å². The number of nitrogens with one attached hydrogen (secondary N) is 1. The van der Waals surface area contributed by atoms with E-state index >= 15 is 0 Å². The smallest absolute Gasteiger partial charge is 0.265 e. The molecule has 2 aromatic rings. The number of benzene rings is 2. The van der Waals surface area contributed by atoms with E-state index in [-0.39, 0.29) is 5.91 Å². The van der Waals surface area contributed by atoms with Crippen molar-refractivity contribution in [3.05, 3.63) is 59.7 Å². The van der Waals surface area contributed by atoms with E-state index in [0.717, 1.165) is 16.7 Å². The Hall–Kier alpha value is -2.13. The summed E-state index contributed by atoms with van der Waals surface area (Å²) < 4.78 is 0. The number of hydrazine groups is 1. The lowest BCUT2D eigenvalue weighted by molar-refractivity contribution is 0.0954. The summed E-state index contributed by atoms with van der Waals surface area (Å²) in [6.45, 7) is 2.00. The second kappa shape index (κ2) is 4.80. The number of carbonyl (C=O) groups excluding carboxylic acids is 1. The number of hydrogen-bond donors (Lipinski definition) is 2. The Morgan fingerprint density at radius 1 is 1.12 bits per heavy atom. The summed E-state index contributed by atoms with van der Waals surface area (Å²) >= 11 is 0. The van der Waals surface area contributed by atoms with Gasteiger partial charge in [-0.15, -0.1) is 0 Å². The number of hydrogen-bond acceptors (Lipinski definition) is 2. The van der Waals surface area contributed by atoms with Gasteiger partial charge in [-0.05, 0) is 24.1 Å². The first-order chi connectivity index (χ1) is 8.22. The molecule has 0 aliphatic rings. The SMILES string of the molecule is Cc1ccc(C(=O)NN)c(-c2ccccc2)c1. The molecule has 0 fully saturated rings. The molecule has 0 aromatic heterocycles. The van der Waals surface area contributed by atoms with Gasteiger partial charge in [0.2, 0.25) is 0 Å². The molecule has 0 saturated carbocycles. The van der Waals surface area contributed by atoms with Gasteiger partial charge >= 0.3 is 0 Å². The normalized spacial score (nSPS) is 10.0. The Bertz CT molecular complexity index is 535. The molecule has 17 heavy (non-hydrogen) atoms. The maximum atomic E-state index is 11.7. The van der Waals surface area contributed by atoms with Gasteiger partial charge in [0, 0.05) is 5.56 Å². The lowest BCUT2D eigenvalue weighted by Gasteiger charge is -2.09. The Balaban J connectivity index is 2.59. The van der Waals surface area contributed by atoms with Crippen LogP contribution in [0.3, 0.4) is 0 Å². The first-order valence-corrected chi connectivity index (χ1v) is 5.39. The van der Waals surface area contributed by atoms with Crippen molar-refractivity contribution in [2.45, 2.75) is 6.92 Å². The molecule has 3 heteroatoms. The van der Waals surface area contributed by atoms with Crippen LogP contribution < -0.4 is 11.3 Å². The van der Waals surface area contributed by atoms with Crippen molar-refractivity contribution >= 4 is 5.91 Å². The quantitative estimate of drug-likeness (QED) is 0.469. The zero-order valence-corrected chi connectivity index (χ0v) is 9.60. The fourth-order valence-corrected chi connectivity index (χ4v) is 1.79. The molecule has 0 atom stereocenters. The van der Waals surface area contributed by atoms with E-state index in [4.69, 9.17) is 5.84 Å². The van der Waals surface area contributed by atoms with Crippen molar-refractivity contribution in [1.29, 1.82) is 0 Å². The van der Waals surface area contributed by atoms with Gasteiger partial charge in [-0.1, -0.05) is 48.0 Å². The summed E-state index contributed by atoms with van der Waals surface area (Å²) in [6, 6.07) is 15.5. The number of nitrogen functional groups attached to an aromatic ring is 1. The molecule has 3 nitrogen and oxygen atoms in total. The van der Waals surface area contributed by atoms with Gasteiger partial charge in [-0.3, -0.25) is 10.2 Å². The highest BCUT2D eigenvalue weighted by Gasteiger charge is 2.11. The molecular weight excluding hydrogens is 212 g/mol. The minimum atomic E-state index is -0.274. The van der Waals surface area contributed by atoms with Crippen LogP contribution in [0.5, 0.6) is 0 Å². The van der Waals surface area contributed by atoms with Crippen LogP contribution in [0.2, 0.25) is 0 Å². The third kappa shape index (κ3) is 2.34. The second-order valence-electron chi connectivity index (χ2n) is 3.89. The predicted molar refractivity (Wildman–Crippen MR) is 68.3 cm³/mol. The predicted octanol–water partition coefficient (Wildman–Crippen LogP) is 2.27. The summed E-state index contributed by atoms with van der Waals surface area (Å²) in [5, 5.41) is 0. The average molecular weight is 226 g/mol. The molecule has 0 saturated heterocycles. The third-order valence-electron chi connectivity index (χ3n) is 2.64. The van der Waals surface area contributed by atoms with Gasteiger partial charge < -0.3 is 0 Å². The van der Waals surface area contributed by atoms with Gasteiger partial charge in [0.1, 0.15) is 0 Å². The van der Waals surface area contributed by atoms with Crippen LogP contribution >= 0.6 is 0 Å². The highest BCUT2D eigenvalue weighted by atomic mass is 16.2. The van der Waals surface area contributed by atoms with Gasteiger partial charge in [-0.2, -0.15) is 0 Å². The van der Waals surface area contributed by atoms with E-state index in [2.05, 4.69) is 5.43 Å². The van der Waals surface area contributed by atoms with Crippen molar-refractivity contribution in [3.63, 3.8) is 0 Å². The third-order valence-corrected chi connectivity index (χ3v) is 2.64. The molecule has 0 heterocycles. The number of amides is 1. The Morgan fingerprint density at radius 3 is 2.47 bits per heavy atom. The van der Waals surface area contributed by atoms with Crippen LogP contribution in [-0.2, 0) is 0 Å². The van der Waals surface area contributed by atoms with Crippen molar-refractivity contribution < 1.29 is 4.79 Å². The van der Waals surface area contributed by atoms with Gasteiger partial charge in [0.15, 0.2) is 0 Å². The van der Waals surface area contributed by atoms with E-state index in [9.17, 15) is 4.79 Å². The zero-order chi connectivity index (χ0) is 12.3. The minimum absolute atomic E-state index is 0.274. The Labute approximate surface area is 100 Å². The second-order valence-corrected chi connectivity index (χ2v) is 3.89. The van der Waals surface area contributed by atoms with Crippen LogP contribution in [0, 0.1) is 6.92 Å². The first kappa shape index (κ1) is 11.4. The molecule has 0 aliphatic carbocycles. The van der Waals surface area contributed by atoms with E-state index in [1.165, 1.54) is 0 Å². The van der Waals surface area contributed by atoms with Crippen LogP contribution in [0.15, 0.2) is 48.5 Å². The standard InChI is InChI=1S/C14H14N2O/c1-10-7-8-12(14(17)16-15)13(9-10)11-5-3-2-4-6-11/h2-9H,15H2,1H3,(H,16,17). The van der Waals surface area contributed by atoms with Gasteiger partial charge in [0.25, 0.3) is 5.91 Å². The lowest BCUT2D eigenvalue weighted by Crippen LogP contribution is -2.30. The van der Waals surface area contributed by atoms with Crippen molar-refractivity contribution in [1.82, 2.24) is 5.43 Å². The molecular formula is C14H14N2O. The summed E-state index contributed by atoms with van der Waals surface area (Å²) in [4.78, 5) is 11.7.